The molecule has 0 aliphatic heterocycles. The Morgan fingerprint density at radius 2 is 2.06 bits per heavy atom. The van der Waals surface area contributed by atoms with Gasteiger partial charge < -0.3 is 5.11 Å². The lowest BCUT2D eigenvalue weighted by molar-refractivity contribution is -0.136. The number of carboxylic acids is 1. The van der Waals surface area contributed by atoms with E-state index >= 15 is 0 Å². The molecule has 2 nitrogen and oxygen atoms in total. The van der Waals surface area contributed by atoms with Crippen LogP contribution >= 0.6 is 35.7 Å². The molecular formula is C13H16O2S3. The highest BCUT2D eigenvalue weighted by Gasteiger charge is 2.19. The van der Waals surface area contributed by atoms with E-state index in [2.05, 4.69) is 0 Å². The van der Waals surface area contributed by atoms with Crippen molar-refractivity contribution < 1.29 is 9.90 Å². The van der Waals surface area contributed by atoms with Crippen molar-refractivity contribution in [3.8, 4) is 0 Å². The summed E-state index contributed by atoms with van der Waals surface area (Å²) in [5.41, 5.74) is 1.20. The van der Waals surface area contributed by atoms with Crippen LogP contribution in [0.25, 0.3) is 0 Å². The lowest BCUT2D eigenvalue weighted by Crippen LogP contribution is -2.17. The van der Waals surface area contributed by atoms with Gasteiger partial charge in [0.1, 0.15) is 8.78 Å². The standard InChI is InChI=1S/C13H16O2S3/c1-2-6-11(12(14)15)18-13(16)17-9-10-7-4-3-5-8-10/h3-5,7-8,11H,2,6,9H2,1H3,(H,14,15). The molecule has 0 spiro atoms. The van der Waals surface area contributed by atoms with Crippen molar-refractivity contribution in [2.75, 3.05) is 0 Å². The molecule has 0 fully saturated rings. The van der Waals surface area contributed by atoms with Gasteiger partial charge in [0, 0.05) is 5.75 Å². The first-order chi connectivity index (χ1) is 8.63. The molecule has 0 amide bonds. The second kappa shape index (κ2) is 8.56. The second-order valence-electron chi connectivity index (χ2n) is 3.76. The van der Waals surface area contributed by atoms with E-state index in [4.69, 9.17) is 17.3 Å². The van der Waals surface area contributed by atoms with Gasteiger partial charge in [-0.15, -0.1) is 11.8 Å². The average Bonchev–Trinajstić information content (AvgIpc) is 2.37. The van der Waals surface area contributed by atoms with Gasteiger partial charge in [-0.1, -0.05) is 67.7 Å². The Labute approximate surface area is 122 Å². The van der Waals surface area contributed by atoms with E-state index < -0.39 is 11.2 Å². The van der Waals surface area contributed by atoms with E-state index in [0.29, 0.717) is 9.95 Å². The monoisotopic (exact) mass is 300 g/mol. The van der Waals surface area contributed by atoms with Crippen LogP contribution in [0.2, 0.25) is 0 Å². The molecule has 1 aromatic carbocycles. The highest BCUT2D eigenvalue weighted by atomic mass is 32.2. The third-order valence-electron chi connectivity index (χ3n) is 2.26. The minimum atomic E-state index is -0.774. The van der Waals surface area contributed by atoms with Gasteiger partial charge in [0.15, 0.2) is 0 Å². The molecule has 0 aliphatic rings. The van der Waals surface area contributed by atoms with Gasteiger partial charge >= 0.3 is 5.97 Å². The molecule has 0 radical (unpaired) electrons. The third-order valence-corrected chi connectivity index (χ3v) is 5.18. The quantitative estimate of drug-likeness (QED) is 0.797. The molecule has 1 aromatic rings. The van der Waals surface area contributed by atoms with Crippen LogP contribution in [0.1, 0.15) is 25.3 Å². The van der Waals surface area contributed by atoms with Crippen LogP contribution in [-0.2, 0) is 10.5 Å². The summed E-state index contributed by atoms with van der Waals surface area (Å²) in [6.07, 6.45) is 1.52. The zero-order chi connectivity index (χ0) is 13.4. The molecule has 1 atom stereocenters. The van der Waals surface area contributed by atoms with E-state index in [-0.39, 0.29) is 0 Å². The number of benzene rings is 1. The molecule has 98 valence electrons. The van der Waals surface area contributed by atoms with E-state index in [0.717, 1.165) is 12.2 Å². The summed E-state index contributed by atoms with van der Waals surface area (Å²) in [5, 5.41) is 8.64. The van der Waals surface area contributed by atoms with Gasteiger partial charge in [0.05, 0.1) is 0 Å². The number of hydrogen-bond acceptors (Lipinski definition) is 4. The number of thioether (sulfide) groups is 2. The smallest absolute Gasteiger partial charge is 0.317 e. The summed E-state index contributed by atoms with van der Waals surface area (Å²) >= 11 is 8.05. The van der Waals surface area contributed by atoms with Crippen molar-refractivity contribution >= 4 is 45.2 Å². The van der Waals surface area contributed by atoms with E-state index in [1.165, 1.54) is 29.1 Å². The Kier molecular flexibility index (Phi) is 7.39. The van der Waals surface area contributed by atoms with E-state index in [9.17, 15) is 4.79 Å². The topological polar surface area (TPSA) is 37.3 Å². The number of hydrogen-bond donors (Lipinski definition) is 1. The molecule has 5 heteroatoms. The second-order valence-corrected chi connectivity index (χ2v) is 7.14. The van der Waals surface area contributed by atoms with Crippen LogP contribution in [0.5, 0.6) is 0 Å². The molecule has 1 unspecified atom stereocenters. The maximum absolute atomic E-state index is 11.0. The van der Waals surface area contributed by atoms with Gasteiger partial charge in [-0.05, 0) is 12.0 Å². The maximum atomic E-state index is 11.0. The van der Waals surface area contributed by atoms with Crippen molar-refractivity contribution in [3.63, 3.8) is 0 Å². The molecule has 1 rings (SSSR count). The van der Waals surface area contributed by atoms with Gasteiger partial charge in [0.25, 0.3) is 0 Å². The first kappa shape index (κ1) is 15.5. The summed E-state index contributed by atoms with van der Waals surface area (Å²) in [4.78, 5) is 11.0. The summed E-state index contributed by atoms with van der Waals surface area (Å²) in [6.45, 7) is 1.98. The highest BCUT2D eigenvalue weighted by Crippen LogP contribution is 2.27. The average molecular weight is 300 g/mol. The van der Waals surface area contributed by atoms with Crippen molar-refractivity contribution in [1.29, 1.82) is 0 Å². The minimum absolute atomic E-state index is 0.411. The summed E-state index contributed by atoms with van der Waals surface area (Å²) in [5.74, 6) is 0.0232. The Bertz CT molecular complexity index is 392. The number of aliphatic carboxylic acids is 1. The van der Waals surface area contributed by atoms with Crippen LogP contribution in [0.15, 0.2) is 30.3 Å². The molecule has 0 aromatic heterocycles. The van der Waals surface area contributed by atoms with Gasteiger partial charge in [-0.3, -0.25) is 4.79 Å². The van der Waals surface area contributed by atoms with Crippen molar-refractivity contribution in [1.82, 2.24) is 0 Å². The number of carbonyl (C=O) groups is 1. The van der Waals surface area contributed by atoms with Gasteiger partial charge in [0.2, 0.25) is 0 Å². The van der Waals surface area contributed by atoms with Crippen LogP contribution in [0, 0.1) is 0 Å². The Balaban J connectivity index is 2.39. The number of rotatable bonds is 6. The van der Waals surface area contributed by atoms with Crippen molar-refractivity contribution in [2.24, 2.45) is 0 Å². The molecule has 0 bridgehead atoms. The summed E-state index contributed by atoms with van der Waals surface area (Å²) in [6, 6.07) is 10.0. The Morgan fingerprint density at radius 1 is 1.39 bits per heavy atom. The van der Waals surface area contributed by atoms with Crippen LogP contribution in [0.3, 0.4) is 0 Å². The van der Waals surface area contributed by atoms with Crippen LogP contribution in [0.4, 0.5) is 0 Å². The lowest BCUT2D eigenvalue weighted by atomic mass is 10.2. The SMILES string of the molecule is CCCC(SC(=S)SCc1ccccc1)C(=O)O. The zero-order valence-corrected chi connectivity index (χ0v) is 12.6. The van der Waals surface area contributed by atoms with Gasteiger partial charge in [-0.25, -0.2) is 0 Å². The lowest BCUT2D eigenvalue weighted by Gasteiger charge is -2.11. The first-order valence-corrected chi connectivity index (χ1v) is 8.01. The number of thiocarbonyl (C=S) groups is 1. The first-order valence-electron chi connectivity index (χ1n) is 5.73. The van der Waals surface area contributed by atoms with Crippen LogP contribution < -0.4 is 0 Å². The Morgan fingerprint density at radius 3 is 2.61 bits per heavy atom. The fourth-order valence-electron chi connectivity index (χ4n) is 1.36. The molecule has 0 saturated carbocycles. The molecule has 0 heterocycles. The number of carboxylic acid groups (broad SMARTS) is 1. The summed E-state index contributed by atoms with van der Waals surface area (Å²) in [7, 11) is 0. The fourth-order valence-corrected chi connectivity index (χ4v) is 3.85. The van der Waals surface area contributed by atoms with Crippen molar-refractivity contribution in [3.05, 3.63) is 35.9 Å². The molecule has 1 N–H and O–H groups in total. The molecule has 0 aliphatic carbocycles. The van der Waals surface area contributed by atoms with Crippen molar-refractivity contribution in [2.45, 2.75) is 30.8 Å². The Hall–Kier alpha value is -0.520. The molecule has 0 saturated heterocycles. The minimum Gasteiger partial charge on any atom is -0.480 e. The molecular weight excluding hydrogens is 284 g/mol. The maximum Gasteiger partial charge on any atom is 0.317 e. The third kappa shape index (κ3) is 5.89. The highest BCUT2D eigenvalue weighted by molar-refractivity contribution is 8.47. The predicted molar refractivity (Wildman–Crippen MR) is 84.3 cm³/mol. The largest absolute Gasteiger partial charge is 0.480 e. The zero-order valence-electron chi connectivity index (χ0n) is 10.2. The van der Waals surface area contributed by atoms with E-state index in [1.807, 2.05) is 37.3 Å². The normalized spacial score (nSPS) is 12.1. The predicted octanol–water partition coefficient (Wildman–Crippen LogP) is 4.19. The molecule has 18 heavy (non-hydrogen) atoms. The van der Waals surface area contributed by atoms with Crippen LogP contribution in [-0.4, -0.2) is 19.9 Å². The summed E-state index contributed by atoms with van der Waals surface area (Å²) < 4.78 is 0.708. The van der Waals surface area contributed by atoms with E-state index in [1.54, 1.807) is 0 Å². The van der Waals surface area contributed by atoms with Gasteiger partial charge in [-0.2, -0.15) is 0 Å². The fraction of sp³-hybridized carbons (Fsp3) is 0.385.